The minimum atomic E-state index is -0.835. The van der Waals surface area contributed by atoms with Crippen LogP contribution in [0.5, 0.6) is 0 Å². The number of hydrogen-bond acceptors (Lipinski definition) is 5. The summed E-state index contributed by atoms with van der Waals surface area (Å²) in [5.41, 5.74) is 0.426. The van der Waals surface area contributed by atoms with Crippen LogP contribution in [0.4, 0.5) is 0 Å². The van der Waals surface area contributed by atoms with E-state index in [1.54, 1.807) is 11.1 Å². The number of aliphatic hydroxyl groups excluding tert-OH is 1. The number of aliphatic hydroxyl groups is 1. The molecule has 3 aliphatic rings. The first-order chi connectivity index (χ1) is 7.66. The Hall–Kier alpha value is -1.66. The molecule has 3 rings (SSSR count). The molecule has 2 N–H and O–H groups in total. The fourth-order valence-corrected chi connectivity index (χ4v) is 1.98. The van der Waals surface area contributed by atoms with Crippen molar-refractivity contribution in [3.63, 3.8) is 0 Å². The van der Waals surface area contributed by atoms with Crippen LogP contribution in [0.3, 0.4) is 0 Å². The Morgan fingerprint density at radius 1 is 1.50 bits per heavy atom. The van der Waals surface area contributed by atoms with Gasteiger partial charge in [0.15, 0.2) is 5.78 Å². The average molecular weight is 222 g/mol. The van der Waals surface area contributed by atoms with Gasteiger partial charge in [-0.3, -0.25) is 9.59 Å². The number of nitrogens with zero attached hydrogens (tertiary/aromatic N) is 1. The molecule has 0 aromatic heterocycles. The predicted octanol–water partition coefficient (Wildman–Crippen LogP) is -1.52. The molecule has 2 aliphatic heterocycles. The van der Waals surface area contributed by atoms with E-state index in [4.69, 9.17) is 4.74 Å². The van der Waals surface area contributed by atoms with E-state index in [0.29, 0.717) is 5.70 Å². The summed E-state index contributed by atoms with van der Waals surface area (Å²) in [7, 11) is 0. The number of epoxide rings is 1. The van der Waals surface area contributed by atoms with Gasteiger partial charge in [0.25, 0.3) is 0 Å². The molecule has 1 saturated heterocycles. The Labute approximate surface area is 91.2 Å². The lowest BCUT2D eigenvalue weighted by atomic mass is 9.99. The molecular weight excluding hydrogens is 212 g/mol. The SMILES string of the molecule is O=C1CN(C2=CC(=O)C3OC3C2O)C=CN1. The number of ether oxygens (including phenoxy) is 1. The molecule has 0 aromatic rings. The van der Waals surface area contributed by atoms with Crippen LogP contribution in [0.15, 0.2) is 24.2 Å². The molecule has 3 atom stereocenters. The van der Waals surface area contributed by atoms with Gasteiger partial charge in [0.05, 0.1) is 5.70 Å². The van der Waals surface area contributed by atoms with Gasteiger partial charge in [-0.1, -0.05) is 0 Å². The summed E-state index contributed by atoms with van der Waals surface area (Å²) in [6.07, 6.45) is 2.68. The fraction of sp³-hybridized carbons (Fsp3) is 0.400. The second-order valence-corrected chi connectivity index (χ2v) is 3.95. The average Bonchev–Trinajstić information content (AvgIpc) is 3.04. The summed E-state index contributed by atoms with van der Waals surface area (Å²) in [4.78, 5) is 24.2. The standard InChI is InChI=1S/C10H10N2O4/c13-6-3-5(8(15)10-9(6)16-10)12-2-1-11-7(14)4-12/h1-3,8-10,15H,4H2,(H,11,14). The molecular formula is C10H10N2O4. The molecule has 16 heavy (non-hydrogen) atoms. The van der Waals surface area contributed by atoms with Crippen LogP contribution < -0.4 is 5.32 Å². The molecule has 1 fully saturated rings. The van der Waals surface area contributed by atoms with Crippen molar-refractivity contribution >= 4 is 11.7 Å². The number of ketones is 1. The van der Waals surface area contributed by atoms with Crippen molar-refractivity contribution in [1.29, 1.82) is 0 Å². The van der Waals surface area contributed by atoms with Crippen LogP contribution in [0.25, 0.3) is 0 Å². The number of hydrogen-bond donors (Lipinski definition) is 2. The zero-order valence-corrected chi connectivity index (χ0v) is 8.29. The van der Waals surface area contributed by atoms with Gasteiger partial charge in [-0.2, -0.15) is 0 Å². The summed E-state index contributed by atoms with van der Waals surface area (Å²) >= 11 is 0. The van der Waals surface area contributed by atoms with Crippen molar-refractivity contribution in [3.05, 3.63) is 24.2 Å². The summed E-state index contributed by atoms with van der Waals surface area (Å²) in [5.74, 6) is -0.327. The highest BCUT2D eigenvalue weighted by atomic mass is 16.6. The van der Waals surface area contributed by atoms with Crippen molar-refractivity contribution in [1.82, 2.24) is 10.2 Å². The number of carbonyl (C=O) groups is 2. The summed E-state index contributed by atoms with van der Waals surface area (Å²) < 4.78 is 5.05. The van der Waals surface area contributed by atoms with Gasteiger partial charge in [-0.25, -0.2) is 0 Å². The van der Waals surface area contributed by atoms with E-state index in [1.807, 2.05) is 0 Å². The van der Waals surface area contributed by atoms with E-state index in [1.165, 1.54) is 12.3 Å². The Morgan fingerprint density at radius 3 is 3.06 bits per heavy atom. The third-order valence-corrected chi connectivity index (χ3v) is 2.85. The van der Waals surface area contributed by atoms with Crippen molar-refractivity contribution in [2.75, 3.05) is 6.54 Å². The van der Waals surface area contributed by atoms with E-state index < -0.39 is 18.3 Å². The minimum Gasteiger partial charge on any atom is -0.384 e. The zero-order chi connectivity index (χ0) is 11.3. The number of rotatable bonds is 1. The van der Waals surface area contributed by atoms with Gasteiger partial charge in [-0.15, -0.1) is 0 Å². The minimum absolute atomic E-state index is 0.101. The lowest BCUT2D eigenvalue weighted by molar-refractivity contribution is -0.121. The van der Waals surface area contributed by atoms with Crippen LogP contribution in [-0.2, 0) is 14.3 Å². The Bertz CT molecular complexity index is 429. The van der Waals surface area contributed by atoms with Gasteiger partial charge in [0, 0.05) is 18.5 Å². The molecule has 6 nitrogen and oxygen atoms in total. The maximum absolute atomic E-state index is 11.5. The highest BCUT2D eigenvalue weighted by molar-refractivity contribution is 5.98. The second kappa shape index (κ2) is 3.16. The maximum atomic E-state index is 11.5. The monoisotopic (exact) mass is 222 g/mol. The molecule has 6 heteroatoms. The van der Waals surface area contributed by atoms with Crippen LogP contribution >= 0.6 is 0 Å². The van der Waals surface area contributed by atoms with Gasteiger partial charge in [0.2, 0.25) is 5.91 Å². The molecule has 0 spiro atoms. The molecule has 84 valence electrons. The van der Waals surface area contributed by atoms with E-state index in [-0.39, 0.29) is 18.2 Å². The highest BCUT2D eigenvalue weighted by Gasteiger charge is 2.53. The van der Waals surface area contributed by atoms with Crippen molar-refractivity contribution in [2.24, 2.45) is 0 Å². The number of fused-ring (bicyclic) bond motifs is 1. The number of carbonyl (C=O) groups excluding carboxylic acids is 2. The van der Waals surface area contributed by atoms with Gasteiger partial charge in [0.1, 0.15) is 24.9 Å². The van der Waals surface area contributed by atoms with Gasteiger partial charge >= 0.3 is 0 Å². The van der Waals surface area contributed by atoms with Crippen LogP contribution in [0.1, 0.15) is 0 Å². The van der Waals surface area contributed by atoms with Crippen LogP contribution in [0, 0.1) is 0 Å². The molecule has 3 unspecified atom stereocenters. The largest absolute Gasteiger partial charge is 0.384 e. The number of nitrogens with one attached hydrogen (secondary N) is 1. The third-order valence-electron chi connectivity index (χ3n) is 2.85. The Balaban J connectivity index is 1.88. The van der Waals surface area contributed by atoms with E-state index in [2.05, 4.69) is 5.32 Å². The lowest BCUT2D eigenvalue weighted by Crippen LogP contribution is -2.42. The lowest BCUT2D eigenvalue weighted by Gasteiger charge is -2.29. The predicted molar refractivity (Wildman–Crippen MR) is 51.7 cm³/mol. The van der Waals surface area contributed by atoms with Crippen molar-refractivity contribution < 1.29 is 19.4 Å². The van der Waals surface area contributed by atoms with E-state index >= 15 is 0 Å². The summed E-state index contributed by atoms with van der Waals surface area (Å²) in [5, 5.41) is 12.4. The smallest absolute Gasteiger partial charge is 0.243 e. The molecule has 1 amide bonds. The maximum Gasteiger partial charge on any atom is 0.243 e. The normalized spacial score (nSPS) is 36.7. The first-order valence-corrected chi connectivity index (χ1v) is 4.98. The molecule has 1 aliphatic carbocycles. The fourth-order valence-electron chi connectivity index (χ4n) is 1.98. The van der Waals surface area contributed by atoms with Gasteiger partial charge < -0.3 is 20.1 Å². The van der Waals surface area contributed by atoms with E-state index in [0.717, 1.165) is 0 Å². The van der Waals surface area contributed by atoms with Gasteiger partial charge in [-0.05, 0) is 0 Å². The van der Waals surface area contributed by atoms with Crippen LogP contribution in [0.2, 0.25) is 0 Å². The van der Waals surface area contributed by atoms with Crippen molar-refractivity contribution in [2.45, 2.75) is 18.3 Å². The topological polar surface area (TPSA) is 82.2 Å². The zero-order valence-electron chi connectivity index (χ0n) is 8.29. The molecule has 0 radical (unpaired) electrons. The molecule has 0 aromatic carbocycles. The van der Waals surface area contributed by atoms with E-state index in [9.17, 15) is 14.7 Å². The first-order valence-electron chi connectivity index (χ1n) is 4.98. The second-order valence-electron chi connectivity index (χ2n) is 3.95. The Morgan fingerprint density at radius 2 is 2.31 bits per heavy atom. The number of amides is 1. The van der Waals surface area contributed by atoms with Crippen LogP contribution in [-0.4, -0.2) is 46.6 Å². The first kappa shape index (κ1) is 9.56. The quantitative estimate of drug-likeness (QED) is 0.527. The Kier molecular flexibility index (Phi) is 1.89. The highest BCUT2D eigenvalue weighted by Crippen LogP contribution is 2.35. The third kappa shape index (κ3) is 1.35. The molecule has 0 saturated carbocycles. The molecule has 0 bridgehead atoms. The van der Waals surface area contributed by atoms with Crippen molar-refractivity contribution in [3.8, 4) is 0 Å². The summed E-state index contributed by atoms with van der Waals surface area (Å²) in [6.45, 7) is 0.101. The summed E-state index contributed by atoms with van der Waals surface area (Å²) in [6, 6.07) is 0. The molecule has 2 heterocycles.